The molecule has 6 N–H and O–H groups in total. The predicted molar refractivity (Wildman–Crippen MR) is 105 cm³/mol. The number of rotatable bonds is 7. The van der Waals surface area contributed by atoms with Crippen molar-refractivity contribution in [1.29, 1.82) is 0 Å². The number of benzene rings is 2. The number of anilines is 1. The zero-order valence-electron chi connectivity index (χ0n) is 15.5. The lowest BCUT2D eigenvalue weighted by molar-refractivity contribution is -0.137. The number of carbonyl (C=O) groups is 2. The van der Waals surface area contributed by atoms with Crippen molar-refractivity contribution in [2.45, 2.75) is 25.0 Å². The van der Waals surface area contributed by atoms with Gasteiger partial charge in [0, 0.05) is 11.3 Å². The predicted octanol–water partition coefficient (Wildman–Crippen LogP) is 1.89. The molecule has 29 heavy (non-hydrogen) atoms. The number of alkyl halides is 2. The van der Waals surface area contributed by atoms with Crippen molar-refractivity contribution in [2.75, 3.05) is 5.73 Å². The molecule has 2 unspecified atom stereocenters. The molecule has 0 bridgehead atoms. The van der Waals surface area contributed by atoms with Crippen molar-refractivity contribution < 1.29 is 28.7 Å². The molecule has 9 heteroatoms. The number of halogens is 2. The van der Waals surface area contributed by atoms with Crippen molar-refractivity contribution in [3.63, 3.8) is 0 Å². The van der Waals surface area contributed by atoms with E-state index in [9.17, 15) is 23.5 Å². The molecule has 0 aromatic heterocycles. The quantitative estimate of drug-likeness (QED) is 0.207. The second-order valence-electron chi connectivity index (χ2n) is 5.87. The third-order valence-corrected chi connectivity index (χ3v) is 3.88. The molecule has 2 rings (SSSR count). The molecular formula is C20H23F2N3O4. The van der Waals surface area contributed by atoms with Crippen LogP contribution in [0.5, 0.6) is 0 Å². The van der Waals surface area contributed by atoms with Crippen molar-refractivity contribution in [3.8, 4) is 0 Å². The minimum atomic E-state index is -3.28. The van der Waals surface area contributed by atoms with Crippen LogP contribution in [0.4, 0.5) is 14.5 Å². The summed E-state index contributed by atoms with van der Waals surface area (Å²) in [7, 11) is 0. The van der Waals surface area contributed by atoms with Gasteiger partial charge in [-0.2, -0.15) is 0 Å². The first-order chi connectivity index (χ1) is 13.8. The molecule has 0 aliphatic carbocycles. The van der Waals surface area contributed by atoms with Gasteiger partial charge in [0.15, 0.2) is 0 Å². The Labute approximate surface area is 166 Å². The van der Waals surface area contributed by atoms with Gasteiger partial charge in [-0.15, -0.1) is 13.2 Å². The minimum Gasteiger partial charge on any atom is -0.399 e. The highest BCUT2D eigenvalue weighted by Gasteiger charge is 2.34. The Balaban J connectivity index is 0.00000204. The Morgan fingerprint density at radius 3 is 1.93 bits per heavy atom. The molecule has 0 aliphatic heterocycles. The number of hydrogen-bond acceptors (Lipinski definition) is 5. The van der Waals surface area contributed by atoms with Gasteiger partial charge in [0.1, 0.15) is 12.1 Å². The summed E-state index contributed by atoms with van der Waals surface area (Å²) >= 11 is 0. The molecule has 0 aliphatic rings. The number of nitrogens with one attached hydrogen (secondary N) is 2. The molecule has 2 aromatic rings. The molecule has 2 aromatic carbocycles. The maximum Gasteiger partial charge on any atom is 0.268 e. The third kappa shape index (κ3) is 6.98. The van der Waals surface area contributed by atoms with Crippen LogP contribution >= 0.6 is 0 Å². The van der Waals surface area contributed by atoms with E-state index in [0.717, 1.165) is 16.6 Å². The highest BCUT2D eigenvalue weighted by molar-refractivity contribution is 5.97. The second kappa shape index (κ2) is 11.5. The fourth-order valence-corrected chi connectivity index (χ4v) is 2.39. The van der Waals surface area contributed by atoms with Gasteiger partial charge < -0.3 is 16.2 Å². The summed E-state index contributed by atoms with van der Waals surface area (Å²) in [5, 5.41) is 19.9. The normalized spacial score (nSPS) is 12.3. The Bertz CT molecular complexity index is 798. The smallest absolute Gasteiger partial charge is 0.268 e. The van der Waals surface area contributed by atoms with Gasteiger partial charge >= 0.3 is 0 Å². The molecule has 7 nitrogen and oxygen atoms in total. The van der Waals surface area contributed by atoms with E-state index in [2.05, 4.69) is 13.2 Å². The minimum absolute atomic E-state index is 0.105. The zero-order chi connectivity index (χ0) is 22.0. The van der Waals surface area contributed by atoms with Crippen molar-refractivity contribution >= 4 is 17.5 Å². The van der Waals surface area contributed by atoms with Crippen LogP contribution in [0, 0.1) is 0 Å². The SMILES string of the molecule is C=C.Nc1ccc(Cc2ccc(C(=O)NC(C(=O)NO)C(O)C(F)F)cc2)cc1. The van der Waals surface area contributed by atoms with Crippen LogP contribution < -0.4 is 16.5 Å². The molecule has 0 radical (unpaired) electrons. The van der Waals surface area contributed by atoms with Crippen LogP contribution in [-0.2, 0) is 11.2 Å². The van der Waals surface area contributed by atoms with Gasteiger partial charge in [-0.05, 0) is 41.8 Å². The molecule has 0 fully saturated rings. The van der Waals surface area contributed by atoms with Gasteiger partial charge in [0.25, 0.3) is 18.2 Å². The number of carbonyl (C=O) groups excluding carboxylic acids is 2. The molecule has 2 atom stereocenters. The molecule has 0 saturated carbocycles. The highest BCUT2D eigenvalue weighted by Crippen LogP contribution is 2.13. The van der Waals surface area contributed by atoms with Gasteiger partial charge in [0.2, 0.25) is 0 Å². The van der Waals surface area contributed by atoms with Crippen molar-refractivity contribution in [1.82, 2.24) is 10.8 Å². The van der Waals surface area contributed by atoms with Crippen molar-refractivity contribution in [3.05, 3.63) is 78.4 Å². The first-order valence-electron chi connectivity index (χ1n) is 8.46. The largest absolute Gasteiger partial charge is 0.399 e. The van der Waals surface area contributed by atoms with Gasteiger partial charge in [-0.3, -0.25) is 14.8 Å². The van der Waals surface area contributed by atoms with Crippen LogP contribution in [0.3, 0.4) is 0 Å². The monoisotopic (exact) mass is 407 g/mol. The number of aliphatic hydroxyl groups is 1. The van der Waals surface area contributed by atoms with Crippen LogP contribution in [0.2, 0.25) is 0 Å². The summed E-state index contributed by atoms with van der Waals surface area (Å²) in [6, 6.07) is 11.6. The number of nitrogens with two attached hydrogens (primary N) is 1. The Kier molecular flexibility index (Phi) is 9.43. The lowest BCUT2D eigenvalue weighted by Gasteiger charge is -2.21. The fourth-order valence-electron chi connectivity index (χ4n) is 2.39. The van der Waals surface area contributed by atoms with Gasteiger partial charge in [-0.1, -0.05) is 24.3 Å². The van der Waals surface area contributed by atoms with E-state index in [1.165, 1.54) is 12.1 Å². The fraction of sp³-hybridized carbons (Fsp3) is 0.200. The Morgan fingerprint density at radius 2 is 1.48 bits per heavy atom. The maximum absolute atomic E-state index is 12.6. The number of hydroxylamine groups is 1. The summed E-state index contributed by atoms with van der Waals surface area (Å²) in [4.78, 5) is 23.6. The highest BCUT2D eigenvalue weighted by atomic mass is 19.3. The van der Waals surface area contributed by atoms with E-state index in [0.29, 0.717) is 12.1 Å². The Morgan fingerprint density at radius 1 is 1.00 bits per heavy atom. The molecule has 0 spiro atoms. The summed E-state index contributed by atoms with van der Waals surface area (Å²) in [6.45, 7) is 6.00. The lowest BCUT2D eigenvalue weighted by Crippen LogP contribution is -2.54. The van der Waals surface area contributed by atoms with E-state index in [1.54, 1.807) is 24.3 Å². The summed E-state index contributed by atoms with van der Waals surface area (Å²) in [5.74, 6) is -2.20. The number of hydrogen-bond donors (Lipinski definition) is 5. The molecular weight excluding hydrogens is 384 g/mol. The summed E-state index contributed by atoms with van der Waals surface area (Å²) in [6.07, 6.45) is -5.15. The average molecular weight is 407 g/mol. The van der Waals surface area contributed by atoms with Crippen molar-refractivity contribution in [2.24, 2.45) is 0 Å². The number of nitrogen functional groups attached to an aromatic ring is 1. The molecule has 0 heterocycles. The third-order valence-electron chi connectivity index (χ3n) is 3.88. The molecule has 156 valence electrons. The van der Waals surface area contributed by atoms with Crippen LogP contribution in [0.1, 0.15) is 21.5 Å². The van der Waals surface area contributed by atoms with Crippen LogP contribution in [0.25, 0.3) is 0 Å². The first kappa shape index (κ1) is 23.7. The second-order valence-corrected chi connectivity index (χ2v) is 5.87. The lowest BCUT2D eigenvalue weighted by atomic mass is 10.0. The number of amides is 2. The van der Waals surface area contributed by atoms with E-state index in [1.807, 2.05) is 17.4 Å². The van der Waals surface area contributed by atoms with Crippen LogP contribution in [0.15, 0.2) is 61.7 Å². The van der Waals surface area contributed by atoms with Gasteiger partial charge in [-0.25, -0.2) is 14.3 Å². The topological polar surface area (TPSA) is 125 Å². The summed E-state index contributed by atoms with van der Waals surface area (Å²) < 4.78 is 25.3. The molecule has 2 amide bonds. The van der Waals surface area contributed by atoms with E-state index in [4.69, 9.17) is 10.9 Å². The molecule has 0 saturated heterocycles. The number of aliphatic hydroxyl groups excluding tert-OH is 1. The summed E-state index contributed by atoms with van der Waals surface area (Å²) in [5.41, 5.74) is 9.44. The Hall–Kier alpha value is -3.30. The van der Waals surface area contributed by atoms with E-state index < -0.39 is 30.4 Å². The van der Waals surface area contributed by atoms with Crippen LogP contribution in [-0.4, -0.2) is 40.7 Å². The standard InChI is InChI=1S/C18H19F2N3O4.C2H4/c19-16(20)15(24)14(18(26)23-27)22-17(25)12-5-1-10(2-6-12)9-11-3-7-13(21)8-4-11;1-2/h1-8,14-16,24,27H,9,21H2,(H,22,25)(H,23,26);1-2H2. The van der Waals surface area contributed by atoms with Gasteiger partial charge in [0.05, 0.1) is 0 Å². The van der Waals surface area contributed by atoms with E-state index >= 15 is 0 Å². The first-order valence-corrected chi connectivity index (χ1v) is 8.46. The average Bonchev–Trinajstić information content (AvgIpc) is 2.74. The maximum atomic E-state index is 12.6. The van der Waals surface area contributed by atoms with E-state index in [-0.39, 0.29) is 5.56 Å². The zero-order valence-corrected chi connectivity index (χ0v) is 15.5.